The van der Waals surface area contributed by atoms with Gasteiger partial charge in [0.1, 0.15) is 5.82 Å². The Balaban J connectivity index is 2.86. The number of hydrogen-bond donors (Lipinski definition) is 1. The Kier molecular flexibility index (Phi) is 2.58. The number of rotatable bonds is 3. The maximum Gasteiger partial charge on any atom is 0.152 e. The molecule has 0 aliphatic rings. The second kappa shape index (κ2) is 3.47. The molecule has 0 spiro atoms. The zero-order valence-electron chi connectivity index (χ0n) is 7.91. The summed E-state index contributed by atoms with van der Waals surface area (Å²) in [5.74, 6) is 1.66. The molecule has 0 bridgehead atoms. The number of aryl methyl sites for hydroxylation is 1. The Morgan fingerprint density at radius 2 is 2.08 bits per heavy atom. The molecule has 4 heteroatoms. The van der Waals surface area contributed by atoms with Crippen LogP contribution in [0.2, 0.25) is 0 Å². The highest BCUT2D eigenvalue weighted by Gasteiger charge is 2.06. The summed E-state index contributed by atoms with van der Waals surface area (Å²) in [5, 5.41) is 4.27. The van der Waals surface area contributed by atoms with E-state index in [9.17, 15) is 0 Å². The molecule has 0 amide bonds. The first kappa shape index (κ1) is 8.90. The highest BCUT2D eigenvalue weighted by Crippen LogP contribution is 2.14. The highest BCUT2D eigenvalue weighted by molar-refractivity contribution is 5.47. The van der Waals surface area contributed by atoms with Crippen LogP contribution in [0.15, 0.2) is 6.07 Å². The van der Waals surface area contributed by atoms with Gasteiger partial charge in [0.05, 0.1) is 0 Å². The van der Waals surface area contributed by atoms with Gasteiger partial charge in [-0.15, -0.1) is 0 Å². The minimum absolute atomic E-state index is 0.705. The molecule has 4 nitrogen and oxygen atoms in total. The molecule has 0 unspecified atom stereocenters. The van der Waals surface area contributed by atoms with Crippen molar-refractivity contribution in [2.24, 2.45) is 7.05 Å². The molecule has 0 saturated heterocycles. The van der Waals surface area contributed by atoms with Gasteiger partial charge in [0.15, 0.2) is 5.82 Å². The average molecular weight is 168 g/mol. The first-order valence-corrected chi connectivity index (χ1v) is 4.23. The van der Waals surface area contributed by atoms with Crippen molar-refractivity contribution in [2.45, 2.75) is 13.8 Å². The molecule has 0 atom stereocenters. The Hall–Kier alpha value is -1.19. The summed E-state index contributed by atoms with van der Waals surface area (Å²) >= 11 is 0. The van der Waals surface area contributed by atoms with Gasteiger partial charge >= 0.3 is 0 Å². The second-order valence-corrected chi connectivity index (χ2v) is 2.72. The van der Waals surface area contributed by atoms with Crippen molar-refractivity contribution in [1.82, 2.24) is 9.78 Å². The number of anilines is 2. The van der Waals surface area contributed by atoms with E-state index in [-0.39, 0.29) is 0 Å². The first-order valence-electron chi connectivity index (χ1n) is 4.23. The minimum atomic E-state index is 0.705. The number of nitrogens with two attached hydrogens (primary N) is 1. The van der Waals surface area contributed by atoms with Gasteiger partial charge < -0.3 is 10.6 Å². The highest BCUT2D eigenvalue weighted by atomic mass is 15.4. The van der Waals surface area contributed by atoms with Crippen LogP contribution >= 0.6 is 0 Å². The molecule has 1 aromatic heterocycles. The monoisotopic (exact) mass is 168 g/mol. The van der Waals surface area contributed by atoms with Gasteiger partial charge in [-0.1, -0.05) is 0 Å². The molecular formula is C8H16N4. The van der Waals surface area contributed by atoms with Gasteiger partial charge in [0.25, 0.3) is 0 Å². The van der Waals surface area contributed by atoms with Gasteiger partial charge in [0.2, 0.25) is 0 Å². The third-order valence-electron chi connectivity index (χ3n) is 1.99. The van der Waals surface area contributed by atoms with Crippen LogP contribution in [0.4, 0.5) is 11.6 Å². The van der Waals surface area contributed by atoms with Crippen molar-refractivity contribution < 1.29 is 0 Å². The average Bonchev–Trinajstić information content (AvgIpc) is 2.35. The van der Waals surface area contributed by atoms with Gasteiger partial charge in [0, 0.05) is 26.2 Å². The van der Waals surface area contributed by atoms with Crippen LogP contribution in [-0.2, 0) is 7.05 Å². The van der Waals surface area contributed by atoms with Crippen molar-refractivity contribution >= 4 is 11.6 Å². The van der Waals surface area contributed by atoms with E-state index in [0.717, 1.165) is 18.9 Å². The molecule has 1 heterocycles. The summed E-state index contributed by atoms with van der Waals surface area (Å²) in [6.45, 7) is 6.14. The van der Waals surface area contributed by atoms with Crippen LogP contribution in [0.1, 0.15) is 13.8 Å². The first-order chi connectivity index (χ1) is 5.69. The van der Waals surface area contributed by atoms with Crippen molar-refractivity contribution in [2.75, 3.05) is 23.7 Å². The summed E-state index contributed by atoms with van der Waals surface area (Å²) in [7, 11) is 1.85. The molecule has 0 fully saturated rings. The summed E-state index contributed by atoms with van der Waals surface area (Å²) < 4.78 is 1.69. The summed E-state index contributed by atoms with van der Waals surface area (Å²) in [6.07, 6.45) is 0. The Labute approximate surface area is 73.0 Å². The molecular weight excluding hydrogens is 152 g/mol. The Morgan fingerprint density at radius 3 is 2.42 bits per heavy atom. The van der Waals surface area contributed by atoms with Crippen molar-refractivity contribution in [3.8, 4) is 0 Å². The standard InChI is InChI=1S/C8H16N4/c1-4-12(5-2)8-6-7(9)11(3)10-8/h6H,4-5,9H2,1-3H3. The molecule has 1 rings (SSSR count). The molecule has 12 heavy (non-hydrogen) atoms. The zero-order chi connectivity index (χ0) is 9.14. The summed E-state index contributed by atoms with van der Waals surface area (Å²) in [5.41, 5.74) is 5.66. The quantitative estimate of drug-likeness (QED) is 0.727. The van der Waals surface area contributed by atoms with E-state index in [4.69, 9.17) is 5.73 Å². The van der Waals surface area contributed by atoms with Gasteiger partial charge in [-0.25, -0.2) is 0 Å². The lowest BCUT2D eigenvalue weighted by Gasteiger charge is -2.16. The minimum Gasteiger partial charge on any atom is -0.384 e. The number of hydrogen-bond acceptors (Lipinski definition) is 3. The largest absolute Gasteiger partial charge is 0.384 e. The lowest BCUT2D eigenvalue weighted by atomic mass is 10.4. The van der Waals surface area contributed by atoms with Crippen molar-refractivity contribution in [3.05, 3.63) is 6.07 Å². The van der Waals surface area contributed by atoms with Crippen LogP contribution < -0.4 is 10.6 Å². The van der Waals surface area contributed by atoms with Crippen LogP contribution in [0.5, 0.6) is 0 Å². The molecule has 0 aliphatic heterocycles. The van der Waals surface area contributed by atoms with Crippen LogP contribution in [0.3, 0.4) is 0 Å². The lowest BCUT2D eigenvalue weighted by Crippen LogP contribution is -2.22. The summed E-state index contributed by atoms with van der Waals surface area (Å²) in [4.78, 5) is 2.16. The summed E-state index contributed by atoms with van der Waals surface area (Å²) in [6, 6.07) is 1.90. The van der Waals surface area contributed by atoms with E-state index >= 15 is 0 Å². The number of aromatic nitrogens is 2. The molecule has 1 aromatic rings. The van der Waals surface area contributed by atoms with Crippen LogP contribution in [0, 0.1) is 0 Å². The predicted octanol–water partition coefficient (Wildman–Crippen LogP) is 0.849. The fourth-order valence-corrected chi connectivity index (χ4v) is 1.17. The Morgan fingerprint density at radius 1 is 1.50 bits per heavy atom. The molecule has 68 valence electrons. The van der Waals surface area contributed by atoms with E-state index < -0.39 is 0 Å². The number of nitrogens with zero attached hydrogens (tertiary/aromatic N) is 3. The molecule has 0 saturated carbocycles. The maximum absolute atomic E-state index is 5.66. The van der Waals surface area contributed by atoms with E-state index in [2.05, 4.69) is 23.8 Å². The smallest absolute Gasteiger partial charge is 0.152 e. The van der Waals surface area contributed by atoms with Crippen LogP contribution in [0.25, 0.3) is 0 Å². The van der Waals surface area contributed by atoms with Crippen molar-refractivity contribution in [1.29, 1.82) is 0 Å². The van der Waals surface area contributed by atoms with Crippen molar-refractivity contribution in [3.63, 3.8) is 0 Å². The van der Waals surface area contributed by atoms with E-state index in [1.807, 2.05) is 13.1 Å². The number of nitrogen functional groups attached to an aromatic ring is 1. The van der Waals surface area contributed by atoms with Crippen LogP contribution in [-0.4, -0.2) is 22.9 Å². The van der Waals surface area contributed by atoms with E-state index in [0.29, 0.717) is 5.82 Å². The predicted molar refractivity (Wildman–Crippen MR) is 51.2 cm³/mol. The van der Waals surface area contributed by atoms with Gasteiger partial charge in [-0.05, 0) is 13.8 Å². The maximum atomic E-state index is 5.66. The third kappa shape index (κ3) is 1.52. The van der Waals surface area contributed by atoms with E-state index in [1.54, 1.807) is 4.68 Å². The topological polar surface area (TPSA) is 47.1 Å². The Bertz CT molecular complexity index is 230. The SMILES string of the molecule is CCN(CC)c1cc(N)n(C)n1. The van der Waals surface area contributed by atoms with Gasteiger partial charge in [-0.3, -0.25) is 4.68 Å². The molecule has 2 N–H and O–H groups in total. The molecule has 0 radical (unpaired) electrons. The molecule has 0 aromatic carbocycles. The lowest BCUT2D eigenvalue weighted by molar-refractivity contribution is 0.752. The fraction of sp³-hybridized carbons (Fsp3) is 0.625. The van der Waals surface area contributed by atoms with Gasteiger partial charge in [-0.2, -0.15) is 5.10 Å². The fourth-order valence-electron chi connectivity index (χ4n) is 1.17. The molecule has 0 aliphatic carbocycles. The second-order valence-electron chi connectivity index (χ2n) is 2.72. The van der Waals surface area contributed by atoms with E-state index in [1.165, 1.54) is 0 Å². The third-order valence-corrected chi connectivity index (χ3v) is 1.99. The normalized spacial score (nSPS) is 10.2. The zero-order valence-corrected chi connectivity index (χ0v) is 7.91.